The largest absolute Gasteiger partial charge is 0.385 e. The summed E-state index contributed by atoms with van der Waals surface area (Å²) in [4.78, 5) is 3.98. The number of pyridine rings is 1. The third-order valence-electron chi connectivity index (χ3n) is 4.53. The van der Waals surface area contributed by atoms with Crippen LogP contribution in [0.5, 0.6) is 0 Å². The molecule has 2 aliphatic heterocycles. The second-order valence-electron chi connectivity index (χ2n) is 5.72. The Morgan fingerprint density at radius 3 is 2.60 bits per heavy atom. The van der Waals surface area contributed by atoms with E-state index >= 15 is 0 Å². The molecule has 3 rings (SSSR count). The van der Waals surface area contributed by atoms with Crippen molar-refractivity contribution in [3.05, 3.63) is 29.6 Å². The van der Waals surface area contributed by atoms with E-state index in [2.05, 4.69) is 4.98 Å². The van der Waals surface area contributed by atoms with Gasteiger partial charge in [-0.05, 0) is 31.7 Å². The first-order valence-electron chi connectivity index (χ1n) is 6.78. The average Bonchev–Trinajstić information content (AvgIpc) is 2.41. The van der Waals surface area contributed by atoms with Gasteiger partial charge >= 0.3 is 0 Å². The molecule has 0 amide bonds. The van der Waals surface area contributed by atoms with Crippen LogP contribution in [-0.2, 0) is 15.4 Å². The summed E-state index contributed by atoms with van der Waals surface area (Å²) in [5.74, 6) is 0. The molecular formula is C14H16N2O3S. The van der Waals surface area contributed by atoms with E-state index in [1.54, 1.807) is 12.1 Å². The highest BCUT2D eigenvalue weighted by Gasteiger charge is 2.51. The second-order valence-corrected chi connectivity index (χ2v) is 8.23. The zero-order valence-corrected chi connectivity index (χ0v) is 11.8. The summed E-state index contributed by atoms with van der Waals surface area (Å²) < 4.78 is 24.6. The van der Waals surface area contributed by atoms with Gasteiger partial charge in [-0.25, -0.2) is 13.4 Å². The Morgan fingerprint density at radius 1 is 1.35 bits per heavy atom. The van der Waals surface area contributed by atoms with Crippen LogP contribution >= 0.6 is 0 Å². The zero-order valence-electron chi connectivity index (χ0n) is 11.0. The van der Waals surface area contributed by atoms with Crippen LogP contribution in [0.25, 0.3) is 0 Å². The fraction of sp³-hybridized carbons (Fsp3) is 0.571. The van der Waals surface area contributed by atoms with Crippen LogP contribution in [-0.4, -0.2) is 29.0 Å². The van der Waals surface area contributed by atoms with Gasteiger partial charge in [-0.2, -0.15) is 5.26 Å². The maximum atomic E-state index is 12.3. The molecule has 0 spiro atoms. The van der Waals surface area contributed by atoms with Gasteiger partial charge in [-0.3, -0.25) is 0 Å². The van der Waals surface area contributed by atoms with Crippen LogP contribution in [0.2, 0.25) is 0 Å². The highest BCUT2D eigenvalue weighted by molar-refractivity contribution is 7.92. The quantitative estimate of drug-likeness (QED) is 0.841. The monoisotopic (exact) mass is 292 g/mol. The Balaban J connectivity index is 2.05. The summed E-state index contributed by atoms with van der Waals surface area (Å²) in [5, 5.41) is 19.1. The molecule has 2 aliphatic rings. The van der Waals surface area contributed by atoms with Gasteiger partial charge in [0.15, 0.2) is 9.84 Å². The van der Waals surface area contributed by atoms with Crippen LogP contribution in [0.15, 0.2) is 18.3 Å². The zero-order chi connectivity index (χ0) is 14.4. The number of fused-ring (bicyclic) bond motifs is 2. The molecule has 20 heavy (non-hydrogen) atoms. The van der Waals surface area contributed by atoms with E-state index in [-0.39, 0.29) is 18.5 Å². The number of nitrogens with zero attached hydrogens (tertiary/aromatic N) is 2. The standard InChI is InChI=1S/C14H16N2O3S/c15-9-13-12(5-2-6-16-13)14(17)7-10-3-1-4-11(8-14)20(10,18)19/h2,5-6,10-11,17H,1,3-4,7-8H2. The van der Waals surface area contributed by atoms with Crippen molar-refractivity contribution in [3.8, 4) is 6.07 Å². The predicted molar refractivity (Wildman–Crippen MR) is 72.4 cm³/mol. The average molecular weight is 292 g/mol. The fourth-order valence-corrected chi connectivity index (χ4v) is 6.09. The summed E-state index contributed by atoms with van der Waals surface area (Å²) >= 11 is 0. The maximum absolute atomic E-state index is 12.3. The number of hydrogen-bond acceptors (Lipinski definition) is 5. The number of sulfone groups is 1. The number of aromatic nitrogens is 1. The lowest BCUT2D eigenvalue weighted by Gasteiger charge is -2.44. The molecular weight excluding hydrogens is 276 g/mol. The third kappa shape index (κ3) is 1.93. The molecule has 2 fully saturated rings. The molecule has 0 radical (unpaired) electrons. The molecule has 0 saturated carbocycles. The highest BCUT2D eigenvalue weighted by Crippen LogP contribution is 2.46. The van der Waals surface area contributed by atoms with Gasteiger partial charge in [0.2, 0.25) is 0 Å². The SMILES string of the molecule is N#Cc1ncccc1C1(O)CC2CCCC(C1)S2(=O)=O. The van der Waals surface area contributed by atoms with Crippen molar-refractivity contribution in [2.45, 2.75) is 48.2 Å². The van der Waals surface area contributed by atoms with Crippen LogP contribution in [0.3, 0.4) is 0 Å². The van der Waals surface area contributed by atoms with Crippen LogP contribution in [0, 0.1) is 11.3 Å². The van der Waals surface area contributed by atoms with Gasteiger partial charge < -0.3 is 5.11 Å². The van der Waals surface area contributed by atoms with Crippen LogP contribution in [0.4, 0.5) is 0 Å². The molecule has 1 aromatic rings. The van der Waals surface area contributed by atoms with Crippen molar-refractivity contribution >= 4 is 9.84 Å². The van der Waals surface area contributed by atoms with Crippen molar-refractivity contribution in [1.82, 2.24) is 4.98 Å². The van der Waals surface area contributed by atoms with Crippen molar-refractivity contribution in [2.24, 2.45) is 0 Å². The molecule has 106 valence electrons. The van der Waals surface area contributed by atoms with Crippen LogP contribution in [0.1, 0.15) is 43.4 Å². The predicted octanol–water partition coefficient (Wildman–Crippen LogP) is 1.27. The Hall–Kier alpha value is -1.45. The molecule has 1 N–H and O–H groups in total. The van der Waals surface area contributed by atoms with Gasteiger partial charge in [-0.15, -0.1) is 0 Å². The lowest BCUT2D eigenvalue weighted by atomic mass is 9.80. The number of rotatable bonds is 1. The fourth-order valence-electron chi connectivity index (χ4n) is 3.54. The lowest BCUT2D eigenvalue weighted by molar-refractivity contribution is 0.00445. The Morgan fingerprint density at radius 2 is 2.00 bits per heavy atom. The molecule has 2 saturated heterocycles. The van der Waals surface area contributed by atoms with E-state index in [0.29, 0.717) is 18.4 Å². The smallest absolute Gasteiger partial charge is 0.156 e. The van der Waals surface area contributed by atoms with E-state index in [1.165, 1.54) is 6.20 Å². The molecule has 2 bridgehead atoms. The van der Waals surface area contributed by atoms with E-state index < -0.39 is 25.9 Å². The molecule has 2 atom stereocenters. The van der Waals surface area contributed by atoms with Gasteiger partial charge in [-0.1, -0.05) is 12.5 Å². The molecule has 1 aromatic heterocycles. The summed E-state index contributed by atoms with van der Waals surface area (Å²) in [6.07, 6.45) is 3.94. The van der Waals surface area contributed by atoms with E-state index in [4.69, 9.17) is 5.26 Å². The molecule has 3 heterocycles. The Kier molecular flexibility index (Phi) is 3.07. The van der Waals surface area contributed by atoms with Gasteiger partial charge in [0.05, 0.1) is 16.1 Å². The maximum Gasteiger partial charge on any atom is 0.156 e. The minimum atomic E-state index is -3.13. The molecule has 0 aromatic carbocycles. The van der Waals surface area contributed by atoms with Crippen molar-refractivity contribution in [1.29, 1.82) is 5.26 Å². The topological polar surface area (TPSA) is 91.0 Å². The lowest BCUT2D eigenvalue weighted by Crippen LogP contribution is -2.50. The second kappa shape index (κ2) is 4.54. The van der Waals surface area contributed by atoms with Crippen LogP contribution < -0.4 is 0 Å². The van der Waals surface area contributed by atoms with Crippen molar-refractivity contribution in [2.75, 3.05) is 0 Å². The number of aliphatic hydroxyl groups is 1. The number of nitriles is 1. The minimum Gasteiger partial charge on any atom is -0.385 e. The summed E-state index contributed by atoms with van der Waals surface area (Å²) in [6, 6.07) is 5.34. The number of hydrogen-bond donors (Lipinski definition) is 1. The van der Waals surface area contributed by atoms with E-state index in [1.807, 2.05) is 6.07 Å². The van der Waals surface area contributed by atoms with Crippen molar-refractivity contribution < 1.29 is 13.5 Å². The normalized spacial score (nSPS) is 35.2. The molecule has 6 heteroatoms. The van der Waals surface area contributed by atoms with E-state index in [0.717, 1.165) is 6.42 Å². The highest BCUT2D eigenvalue weighted by atomic mass is 32.2. The molecule has 0 aliphatic carbocycles. The Labute approximate surface area is 118 Å². The summed E-state index contributed by atoms with van der Waals surface area (Å²) in [7, 11) is -3.13. The first-order chi connectivity index (χ1) is 9.47. The first-order valence-corrected chi connectivity index (χ1v) is 8.39. The molecule has 2 unspecified atom stereocenters. The summed E-state index contributed by atoms with van der Waals surface area (Å²) in [5.41, 5.74) is -0.595. The summed E-state index contributed by atoms with van der Waals surface area (Å²) in [6.45, 7) is 0. The minimum absolute atomic E-state index is 0.173. The first kappa shape index (κ1) is 13.5. The Bertz CT molecular complexity index is 658. The third-order valence-corrected chi connectivity index (χ3v) is 7.19. The van der Waals surface area contributed by atoms with Gasteiger partial charge in [0.25, 0.3) is 0 Å². The van der Waals surface area contributed by atoms with Gasteiger partial charge in [0, 0.05) is 11.8 Å². The van der Waals surface area contributed by atoms with E-state index in [9.17, 15) is 13.5 Å². The van der Waals surface area contributed by atoms with Gasteiger partial charge in [0.1, 0.15) is 11.8 Å². The molecule has 5 nitrogen and oxygen atoms in total. The van der Waals surface area contributed by atoms with Crippen molar-refractivity contribution in [3.63, 3.8) is 0 Å².